The van der Waals surface area contributed by atoms with Crippen LogP contribution >= 0.6 is 0 Å². The summed E-state index contributed by atoms with van der Waals surface area (Å²) in [5, 5.41) is 13.0. The molecule has 0 aromatic heterocycles. The topological polar surface area (TPSA) is 61.8 Å². The molecule has 1 aliphatic rings. The molecule has 1 fully saturated rings. The summed E-state index contributed by atoms with van der Waals surface area (Å²) in [5.74, 6) is 0.410. The summed E-state index contributed by atoms with van der Waals surface area (Å²) in [6, 6.07) is 0.571. The summed E-state index contributed by atoms with van der Waals surface area (Å²) in [7, 11) is 0. The van der Waals surface area contributed by atoms with Gasteiger partial charge in [0.25, 0.3) is 0 Å². The number of carbonyl (C=O) groups is 1. The van der Waals surface area contributed by atoms with E-state index in [0.29, 0.717) is 12.0 Å². The van der Waals surface area contributed by atoms with Gasteiger partial charge in [-0.25, -0.2) is 4.79 Å². The molecule has 1 aliphatic heterocycles. The van der Waals surface area contributed by atoms with Gasteiger partial charge in [0.1, 0.15) is 5.60 Å². The lowest BCUT2D eigenvalue weighted by atomic mass is 9.88. The Morgan fingerprint density at radius 2 is 1.96 bits per heavy atom. The standard InChI is InChI=1S/C18H36N2O3/c1-7-13(3)20-11-14(10-16(21)8-2)9-15(12-20)19-17(22)23-18(4,5)6/h13-16,21H,7-12H2,1-6H3,(H,19,22). The van der Waals surface area contributed by atoms with Gasteiger partial charge >= 0.3 is 6.09 Å². The van der Waals surface area contributed by atoms with Crippen LogP contribution in [0.25, 0.3) is 0 Å². The Hall–Kier alpha value is -0.810. The lowest BCUT2D eigenvalue weighted by Gasteiger charge is -2.41. The monoisotopic (exact) mass is 328 g/mol. The maximum absolute atomic E-state index is 12.1. The van der Waals surface area contributed by atoms with Crippen molar-refractivity contribution in [1.82, 2.24) is 10.2 Å². The average Bonchev–Trinajstić information content (AvgIpc) is 2.43. The van der Waals surface area contributed by atoms with Crippen LogP contribution in [0.2, 0.25) is 0 Å². The van der Waals surface area contributed by atoms with Crippen molar-refractivity contribution in [2.75, 3.05) is 13.1 Å². The molecule has 23 heavy (non-hydrogen) atoms. The zero-order valence-electron chi connectivity index (χ0n) is 15.8. The number of amides is 1. The summed E-state index contributed by atoms with van der Waals surface area (Å²) in [4.78, 5) is 14.5. The first-order valence-electron chi connectivity index (χ1n) is 9.06. The highest BCUT2D eigenvalue weighted by Crippen LogP contribution is 2.25. The Morgan fingerprint density at radius 1 is 1.30 bits per heavy atom. The van der Waals surface area contributed by atoms with Crippen LogP contribution in [0.5, 0.6) is 0 Å². The van der Waals surface area contributed by atoms with E-state index in [9.17, 15) is 9.90 Å². The molecular weight excluding hydrogens is 292 g/mol. The van der Waals surface area contributed by atoms with Gasteiger partial charge in [0.2, 0.25) is 0 Å². The van der Waals surface area contributed by atoms with E-state index in [0.717, 1.165) is 38.8 Å². The Morgan fingerprint density at radius 3 is 2.48 bits per heavy atom. The van der Waals surface area contributed by atoms with E-state index >= 15 is 0 Å². The fourth-order valence-corrected chi connectivity index (χ4v) is 3.16. The molecule has 136 valence electrons. The molecular formula is C18H36N2O3. The van der Waals surface area contributed by atoms with Crippen LogP contribution in [0.4, 0.5) is 4.79 Å². The number of nitrogens with zero attached hydrogens (tertiary/aromatic N) is 1. The fourth-order valence-electron chi connectivity index (χ4n) is 3.16. The number of piperidine rings is 1. The van der Waals surface area contributed by atoms with Gasteiger partial charge in [-0.2, -0.15) is 0 Å². The Bertz CT molecular complexity index is 368. The summed E-state index contributed by atoms with van der Waals surface area (Å²) < 4.78 is 5.38. The van der Waals surface area contributed by atoms with Gasteiger partial charge in [-0.1, -0.05) is 13.8 Å². The van der Waals surface area contributed by atoms with Crippen molar-refractivity contribution in [2.24, 2.45) is 5.92 Å². The molecule has 0 aromatic rings. The van der Waals surface area contributed by atoms with Crippen LogP contribution in [0.3, 0.4) is 0 Å². The van der Waals surface area contributed by atoms with Crippen molar-refractivity contribution in [1.29, 1.82) is 0 Å². The Balaban J connectivity index is 2.67. The van der Waals surface area contributed by atoms with Crippen molar-refractivity contribution in [2.45, 2.75) is 91.0 Å². The fraction of sp³-hybridized carbons (Fsp3) is 0.944. The van der Waals surface area contributed by atoms with Crippen LogP contribution < -0.4 is 5.32 Å². The largest absolute Gasteiger partial charge is 0.444 e. The van der Waals surface area contributed by atoms with Gasteiger partial charge in [0.15, 0.2) is 0 Å². The van der Waals surface area contributed by atoms with E-state index in [4.69, 9.17) is 4.74 Å². The number of carbonyl (C=O) groups excluding carboxylic acids is 1. The minimum Gasteiger partial charge on any atom is -0.444 e. The van der Waals surface area contributed by atoms with Crippen molar-refractivity contribution in [3.05, 3.63) is 0 Å². The first-order valence-corrected chi connectivity index (χ1v) is 9.06. The smallest absolute Gasteiger partial charge is 0.407 e. The normalized spacial score (nSPS) is 25.7. The number of ether oxygens (including phenoxy) is 1. The summed E-state index contributed by atoms with van der Waals surface area (Å²) in [5.41, 5.74) is -0.479. The molecule has 2 N–H and O–H groups in total. The maximum atomic E-state index is 12.1. The minimum atomic E-state index is -0.479. The number of hydrogen-bond donors (Lipinski definition) is 2. The van der Waals surface area contributed by atoms with Gasteiger partial charge < -0.3 is 15.2 Å². The summed E-state index contributed by atoms with van der Waals surface area (Å²) in [6.45, 7) is 13.9. The number of nitrogens with one attached hydrogen (secondary N) is 1. The third-order valence-corrected chi connectivity index (χ3v) is 4.58. The molecule has 1 heterocycles. The highest BCUT2D eigenvalue weighted by molar-refractivity contribution is 5.68. The number of aliphatic hydroxyl groups excluding tert-OH is 1. The molecule has 4 atom stereocenters. The van der Waals surface area contributed by atoms with E-state index in [1.54, 1.807) is 0 Å². The second-order valence-electron chi connectivity index (χ2n) is 7.95. The zero-order valence-corrected chi connectivity index (χ0v) is 15.8. The molecule has 0 bridgehead atoms. The quantitative estimate of drug-likeness (QED) is 0.786. The van der Waals surface area contributed by atoms with E-state index in [1.807, 2.05) is 27.7 Å². The van der Waals surface area contributed by atoms with Crippen LogP contribution in [-0.4, -0.2) is 53.0 Å². The number of rotatable bonds is 6. The number of aliphatic hydroxyl groups is 1. The van der Waals surface area contributed by atoms with Crippen LogP contribution in [-0.2, 0) is 4.74 Å². The second-order valence-corrected chi connectivity index (χ2v) is 7.95. The molecule has 5 heteroatoms. The minimum absolute atomic E-state index is 0.0849. The maximum Gasteiger partial charge on any atom is 0.407 e. The highest BCUT2D eigenvalue weighted by Gasteiger charge is 2.32. The van der Waals surface area contributed by atoms with Gasteiger partial charge in [-0.05, 0) is 59.3 Å². The summed E-state index contributed by atoms with van der Waals surface area (Å²) in [6.07, 6.45) is 2.98. The van der Waals surface area contributed by atoms with Gasteiger partial charge in [-0.3, -0.25) is 4.90 Å². The molecule has 4 unspecified atom stereocenters. The lowest BCUT2D eigenvalue weighted by Crippen LogP contribution is -2.54. The second kappa shape index (κ2) is 8.88. The third kappa shape index (κ3) is 7.53. The first kappa shape index (κ1) is 20.2. The van der Waals surface area contributed by atoms with Crippen molar-refractivity contribution in [3.8, 4) is 0 Å². The number of likely N-dealkylation sites (tertiary alicyclic amines) is 1. The molecule has 0 spiro atoms. The number of alkyl carbamates (subject to hydrolysis) is 1. The Kier molecular flexibility index (Phi) is 7.81. The van der Waals surface area contributed by atoms with Crippen molar-refractivity contribution < 1.29 is 14.6 Å². The molecule has 0 saturated carbocycles. The van der Waals surface area contributed by atoms with E-state index in [-0.39, 0.29) is 18.2 Å². The third-order valence-electron chi connectivity index (χ3n) is 4.58. The lowest BCUT2D eigenvalue weighted by molar-refractivity contribution is 0.0366. The van der Waals surface area contributed by atoms with Gasteiger partial charge in [0.05, 0.1) is 6.10 Å². The van der Waals surface area contributed by atoms with Crippen LogP contribution in [0.1, 0.15) is 67.2 Å². The molecule has 5 nitrogen and oxygen atoms in total. The molecule has 0 aromatic carbocycles. The van der Waals surface area contributed by atoms with E-state index < -0.39 is 5.60 Å². The average molecular weight is 328 g/mol. The zero-order chi connectivity index (χ0) is 17.6. The SMILES string of the molecule is CCC(O)CC1CC(NC(=O)OC(C)(C)C)CN(C(C)CC)C1. The van der Waals surface area contributed by atoms with Crippen molar-refractivity contribution >= 4 is 6.09 Å². The van der Waals surface area contributed by atoms with Crippen molar-refractivity contribution in [3.63, 3.8) is 0 Å². The highest BCUT2D eigenvalue weighted by atomic mass is 16.6. The Labute approximate surface area is 141 Å². The number of hydrogen-bond acceptors (Lipinski definition) is 4. The summed E-state index contributed by atoms with van der Waals surface area (Å²) >= 11 is 0. The van der Waals surface area contributed by atoms with E-state index in [2.05, 4.69) is 24.1 Å². The first-order chi connectivity index (χ1) is 10.6. The predicted molar refractivity (Wildman–Crippen MR) is 93.5 cm³/mol. The predicted octanol–water partition coefficient (Wildman–Crippen LogP) is 3.16. The van der Waals surface area contributed by atoms with E-state index in [1.165, 1.54) is 0 Å². The van der Waals surface area contributed by atoms with Crippen LogP contribution in [0.15, 0.2) is 0 Å². The molecule has 1 rings (SSSR count). The molecule has 1 saturated heterocycles. The van der Waals surface area contributed by atoms with Crippen LogP contribution in [0, 0.1) is 5.92 Å². The molecule has 1 amide bonds. The van der Waals surface area contributed by atoms with Gasteiger partial charge in [-0.15, -0.1) is 0 Å². The molecule has 0 radical (unpaired) electrons. The molecule has 0 aliphatic carbocycles. The van der Waals surface area contributed by atoms with Gasteiger partial charge in [0, 0.05) is 25.2 Å².